The normalized spacial score (nSPS) is 19.8. The second-order valence-electron chi connectivity index (χ2n) is 8.52. The maximum atomic E-state index is 4.93. The molecule has 2 unspecified atom stereocenters. The van der Waals surface area contributed by atoms with Crippen molar-refractivity contribution < 1.29 is 0 Å². The summed E-state index contributed by atoms with van der Waals surface area (Å²) >= 11 is 0. The highest BCUT2D eigenvalue weighted by Gasteiger charge is 2.31. The number of para-hydroxylation sites is 1. The largest absolute Gasteiger partial charge is 0.363 e. The quantitative estimate of drug-likeness (QED) is 0.343. The van der Waals surface area contributed by atoms with Crippen LogP contribution in [0.1, 0.15) is 33.3 Å². The average Bonchev–Trinajstić information content (AvgIpc) is 3.06. The van der Waals surface area contributed by atoms with Crippen LogP contribution in [-0.4, -0.2) is 61.7 Å². The van der Waals surface area contributed by atoms with E-state index >= 15 is 0 Å². The fraction of sp³-hybridized carbons (Fsp3) is 0.565. The predicted octanol–water partition coefficient (Wildman–Crippen LogP) is 3.70. The van der Waals surface area contributed by atoms with E-state index in [1.54, 1.807) is 0 Å². The zero-order valence-electron chi connectivity index (χ0n) is 19.1. The van der Waals surface area contributed by atoms with Crippen molar-refractivity contribution in [3.63, 3.8) is 0 Å². The molecule has 3 rings (SSSR count). The van der Waals surface area contributed by atoms with E-state index in [4.69, 9.17) is 9.98 Å². The van der Waals surface area contributed by atoms with E-state index in [0.717, 1.165) is 42.3 Å². The third-order valence-electron chi connectivity index (χ3n) is 5.69. The molecule has 1 saturated heterocycles. The van der Waals surface area contributed by atoms with Gasteiger partial charge in [-0.25, -0.2) is 9.98 Å². The van der Waals surface area contributed by atoms with Gasteiger partial charge in [-0.05, 0) is 44.4 Å². The zero-order chi connectivity index (χ0) is 21.0. The van der Waals surface area contributed by atoms with E-state index in [9.17, 15) is 0 Å². The molecule has 2 atom stereocenters. The molecule has 0 radical (unpaired) electrons. The van der Waals surface area contributed by atoms with Crippen molar-refractivity contribution in [3.8, 4) is 0 Å². The van der Waals surface area contributed by atoms with E-state index in [0.29, 0.717) is 24.5 Å². The second kappa shape index (κ2) is 11.1. The van der Waals surface area contributed by atoms with Gasteiger partial charge in [0.25, 0.3) is 0 Å². The minimum absolute atomic E-state index is 0. The van der Waals surface area contributed by atoms with Gasteiger partial charge in [0, 0.05) is 51.2 Å². The zero-order valence-corrected chi connectivity index (χ0v) is 21.5. The molecular weight excluding hydrogens is 487 g/mol. The smallest absolute Gasteiger partial charge is 0.191 e. The van der Waals surface area contributed by atoms with Crippen LogP contribution >= 0.6 is 24.0 Å². The Labute approximate surface area is 198 Å². The van der Waals surface area contributed by atoms with E-state index in [2.05, 4.69) is 67.5 Å². The molecule has 0 amide bonds. The van der Waals surface area contributed by atoms with Crippen molar-refractivity contribution in [1.29, 1.82) is 0 Å². The van der Waals surface area contributed by atoms with E-state index in [-0.39, 0.29) is 24.0 Å². The third-order valence-corrected chi connectivity index (χ3v) is 5.69. The van der Waals surface area contributed by atoms with Crippen molar-refractivity contribution >= 4 is 46.7 Å². The predicted molar refractivity (Wildman–Crippen MR) is 139 cm³/mol. The Morgan fingerprint density at radius 2 is 2.00 bits per heavy atom. The minimum atomic E-state index is 0. The number of likely N-dealkylation sites (tertiary alicyclic amines) is 1. The van der Waals surface area contributed by atoms with Gasteiger partial charge in [-0.3, -0.25) is 4.90 Å². The maximum absolute atomic E-state index is 4.93. The van der Waals surface area contributed by atoms with Gasteiger partial charge < -0.3 is 15.5 Å². The van der Waals surface area contributed by atoms with Crippen molar-refractivity contribution in [1.82, 2.24) is 20.5 Å². The number of aromatic nitrogens is 1. The number of hydrogen-bond donors (Lipinski definition) is 2. The number of rotatable bonds is 6. The third kappa shape index (κ3) is 5.97. The molecule has 2 N–H and O–H groups in total. The first-order valence-corrected chi connectivity index (χ1v) is 10.7. The molecule has 2 heterocycles. The topological polar surface area (TPSA) is 55.8 Å². The number of anilines is 1. The number of hydrogen-bond acceptors (Lipinski definition) is 4. The summed E-state index contributed by atoms with van der Waals surface area (Å²) in [4.78, 5) is 14.3. The first-order valence-electron chi connectivity index (χ1n) is 10.7. The number of pyridine rings is 1. The fourth-order valence-electron chi connectivity index (χ4n) is 3.87. The van der Waals surface area contributed by atoms with Crippen molar-refractivity contribution in [2.75, 3.05) is 38.6 Å². The highest BCUT2D eigenvalue weighted by Crippen LogP contribution is 2.23. The van der Waals surface area contributed by atoms with Crippen LogP contribution < -0.4 is 15.5 Å². The lowest BCUT2D eigenvalue weighted by Gasteiger charge is -2.22. The lowest BCUT2D eigenvalue weighted by atomic mass is 10.1. The second-order valence-corrected chi connectivity index (χ2v) is 8.52. The van der Waals surface area contributed by atoms with Crippen LogP contribution in [0.5, 0.6) is 0 Å². The summed E-state index contributed by atoms with van der Waals surface area (Å²) < 4.78 is 0. The molecule has 0 aliphatic carbocycles. The Kier molecular flexibility index (Phi) is 9.15. The highest BCUT2D eigenvalue weighted by molar-refractivity contribution is 14.0. The SMILES string of the molecule is CCNC(=NCc1cc(N(C)C)nc2ccccc12)NC1CN(C(C)C)CC1C.I. The van der Waals surface area contributed by atoms with Gasteiger partial charge in [-0.1, -0.05) is 25.1 Å². The molecule has 1 aromatic heterocycles. The Balaban J connectivity index is 0.00000320. The van der Waals surface area contributed by atoms with Crippen LogP contribution in [-0.2, 0) is 6.54 Å². The maximum Gasteiger partial charge on any atom is 0.191 e. The van der Waals surface area contributed by atoms with Crippen molar-refractivity contribution in [2.45, 2.75) is 46.3 Å². The van der Waals surface area contributed by atoms with Gasteiger partial charge in [0.2, 0.25) is 0 Å². The average molecular weight is 524 g/mol. The molecule has 0 spiro atoms. The van der Waals surface area contributed by atoms with Crippen LogP contribution in [0.25, 0.3) is 10.9 Å². The van der Waals surface area contributed by atoms with Gasteiger partial charge in [-0.15, -0.1) is 24.0 Å². The summed E-state index contributed by atoms with van der Waals surface area (Å²) in [6, 6.07) is 11.4. The number of halogens is 1. The summed E-state index contributed by atoms with van der Waals surface area (Å²) in [5, 5.41) is 8.27. The lowest BCUT2D eigenvalue weighted by molar-refractivity contribution is 0.265. The van der Waals surface area contributed by atoms with Gasteiger partial charge >= 0.3 is 0 Å². The molecule has 1 aliphatic heterocycles. The van der Waals surface area contributed by atoms with Gasteiger partial charge in [0.15, 0.2) is 5.96 Å². The highest BCUT2D eigenvalue weighted by atomic mass is 127. The van der Waals surface area contributed by atoms with Gasteiger partial charge in [0.1, 0.15) is 5.82 Å². The monoisotopic (exact) mass is 524 g/mol. The summed E-state index contributed by atoms with van der Waals surface area (Å²) in [5.74, 6) is 2.45. The van der Waals surface area contributed by atoms with Crippen LogP contribution in [0.2, 0.25) is 0 Å². The van der Waals surface area contributed by atoms with E-state index in [1.807, 2.05) is 25.1 Å². The fourth-order valence-corrected chi connectivity index (χ4v) is 3.87. The lowest BCUT2D eigenvalue weighted by Crippen LogP contribution is -2.46. The molecule has 2 aromatic rings. The van der Waals surface area contributed by atoms with Crippen molar-refractivity contribution in [3.05, 3.63) is 35.9 Å². The molecule has 1 aromatic carbocycles. The standard InChI is InChI=1S/C23H36N6.HI/c1-7-24-23(27-21-15-29(16(2)3)14-17(21)4)25-13-18-12-22(28(5)6)26-20-11-9-8-10-19(18)20;/h8-12,16-17,21H,7,13-15H2,1-6H3,(H2,24,25,27);1H. The first-order chi connectivity index (χ1) is 13.9. The van der Waals surface area contributed by atoms with E-state index in [1.165, 1.54) is 5.56 Å². The number of aliphatic imine (C=N–C) groups is 1. The number of benzene rings is 1. The van der Waals surface area contributed by atoms with Crippen molar-refractivity contribution in [2.24, 2.45) is 10.9 Å². The van der Waals surface area contributed by atoms with Crippen LogP contribution in [0.4, 0.5) is 5.82 Å². The summed E-state index contributed by atoms with van der Waals surface area (Å²) in [6.45, 7) is 12.6. The molecule has 7 heteroatoms. The molecule has 166 valence electrons. The van der Waals surface area contributed by atoms with Gasteiger partial charge in [0.05, 0.1) is 12.1 Å². The summed E-state index contributed by atoms with van der Waals surface area (Å²) in [5.41, 5.74) is 2.21. The van der Waals surface area contributed by atoms with Crippen LogP contribution in [0.15, 0.2) is 35.3 Å². The number of fused-ring (bicyclic) bond motifs is 1. The minimum Gasteiger partial charge on any atom is -0.363 e. The number of nitrogens with one attached hydrogen (secondary N) is 2. The summed E-state index contributed by atoms with van der Waals surface area (Å²) in [7, 11) is 4.05. The molecule has 0 bridgehead atoms. The molecule has 1 fully saturated rings. The summed E-state index contributed by atoms with van der Waals surface area (Å²) in [6.07, 6.45) is 0. The first kappa shape index (κ1) is 24.7. The Bertz CT molecular complexity index is 851. The van der Waals surface area contributed by atoms with Crippen LogP contribution in [0, 0.1) is 5.92 Å². The molecule has 30 heavy (non-hydrogen) atoms. The number of guanidine groups is 1. The molecule has 0 saturated carbocycles. The van der Waals surface area contributed by atoms with Gasteiger partial charge in [-0.2, -0.15) is 0 Å². The van der Waals surface area contributed by atoms with Crippen LogP contribution in [0.3, 0.4) is 0 Å². The Morgan fingerprint density at radius 3 is 2.63 bits per heavy atom. The Morgan fingerprint density at radius 1 is 1.27 bits per heavy atom. The number of nitrogens with zero attached hydrogens (tertiary/aromatic N) is 4. The molecule has 6 nitrogen and oxygen atoms in total. The molecule has 1 aliphatic rings. The molecular formula is C23H37IN6. The Hall–Kier alpha value is -1.61. The van der Waals surface area contributed by atoms with E-state index < -0.39 is 0 Å².